The Morgan fingerprint density at radius 1 is 1.43 bits per heavy atom. The van der Waals surface area contributed by atoms with Crippen LogP contribution in [0.1, 0.15) is 5.56 Å². The summed E-state index contributed by atoms with van der Waals surface area (Å²) in [5, 5.41) is 17.1. The van der Waals surface area contributed by atoms with E-state index in [0.717, 1.165) is 17.7 Å². The summed E-state index contributed by atoms with van der Waals surface area (Å²) in [6.07, 6.45) is 2.27. The molecule has 0 fully saturated rings. The van der Waals surface area contributed by atoms with E-state index in [1.165, 1.54) is 16.9 Å². The van der Waals surface area contributed by atoms with Crippen LogP contribution in [-0.4, -0.2) is 33.8 Å². The van der Waals surface area contributed by atoms with E-state index in [-0.39, 0.29) is 24.2 Å². The number of nitrogens with zero attached hydrogens (tertiary/aromatic N) is 3. The number of benzene rings is 1. The molecule has 1 aliphatic rings. The van der Waals surface area contributed by atoms with E-state index < -0.39 is 4.92 Å². The van der Waals surface area contributed by atoms with Crippen LogP contribution < -0.4 is 10.1 Å². The van der Waals surface area contributed by atoms with Gasteiger partial charge in [-0.05, 0) is 23.0 Å². The smallest absolute Gasteiger partial charge is 0.389 e. The van der Waals surface area contributed by atoms with E-state index in [1.807, 2.05) is 24.3 Å². The Morgan fingerprint density at radius 3 is 3.04 bits per heavy atom. The maximum absolute atomic E-state index is 11.9. The lowest BCUT2D eigenvalue weighted by Crippen LogP contribution is -2.36. The van der Waals surface area contributed by atoms with Crippen molar-refractivity contribution in [2.24, 2.45) is 5.92 Å². The lowest BCUT2D eigenvalue weighted by molar-refractivity contribution is -0.389. The second-order valence-electron chi connectivity index (χ2n) is 5.42. The van der Waals surface area contributed by atoms with Gasteiger partial charge in [-0.1, -0.05) is 18.2 Å². The lowest BCUT2D eigenvalue weighted by atomic mass is 9.97. The average molecular weight is 316 g/mol. The molecule has 1 aromatic heterocycles. The summed E-state index contributed by atoms with van der Waals surface area (Å²) in [7, 11) is 0. The Labute approximate surface area is 132 Å². The monoisotopic (exact) mass is 316 g/mol. The number of carbonyl (C=O) groups is 1. The fourth-order valence-corrected chi connectivity index (χ4v) is 2.52. The number of hydrogen-bond acceptors (Lipinski definition) is 5. The van der Waals surface area contributed by atoms with E-state index >= 15 is 0 Å². The summed E-state index contributed by atoms with van der Waals surface area (Å²) in [4.78, 5) is 21.9. The number of rotatable bonds is 5. The predicted molar refractivity (Wildman–Crippen MR) is 81.0 cm³/mol. The summed E-state index contributed by atoms with van der Waals surface area (Å²) in [6, 6.07) is 9.12. The molecule has 2 aromatic rings. The molecule has 23 heavy (non-hydrogen) atoms. The van der Waals surface area contributed by atoms with Crippen LogP contribution in [0.3, 0.4) is 0 Å². The first-order valence-electron chi connectivity index (χ1n) is 7.27. The predicted octanol–water partition coefficient (Wildman–Crippen LogP) is 1.16. The van der Waals surface area contributed by atoms with Gasteiger partial charge in [-0.2, -0.15) is 4.68 Å². The van der Waals surface area contributed by atoms with Crippen LogP contribution in [0.15, 0.2) is 36.5 Å². The van der Waals surface area contributed by atoms with Crippen LogP contribution in [0, 0.1) is 16.0 Å². The lowest BCUT2D eigenvalue weighted by Gasteiger charge is -2.25. The summed E-state index contributed by atoms with van der Waals surface area (Å²) in [5.74, 6) is 0.608. The zero-order valence-corrected chi connectivity index (χ0v) is 12.3. The van der Waals surface area contributed by atoms with Crippen molar-refractivity contribution < 1.29 is 14.5 Å². The van der Waals surface area contributed by atoms with Gasteiger partial charge in [-0.15, -0.1) is 0 Å². The molecule has 1 N–H and O–H groups in total. The maximum atomic E-state index is 11.9. The highest BCUT2D eigenvalue weighted by molar-refractivity contribution is 5.75. The maximum Gasteiger partial charge on any atom is 0.389 e. The molecule has 1 amide bonds. The van der Waals surface area contributed by atoms with Crippen LogP contribution >= 0.6 is 0 Å². The molecule has 3 rings (SSSR count). The third kappa shape index (κ3) is 3.65. The normalized spacial score (nSPS) is 16.3. The third-order valence-electron chi connectivity index (χ3n) is 3.66. The van der Waals surface area contributed by atoms with Gasteiger partial charge in [-0.3, -0.25) is 4.79 Å². The summed E-state index contributed by atoms with van der Waals surface area (Å²) >= 11 is 0. The number of amides is 1. The van der Waals surface area contributed by atoms with Crippen molar-refractivity contribution >= 4 is 11.7 Å². The zero-order valence-electron chi connectivity index (χ0n) is 12.3. The highest BCUT2D eigenvalue weighted by Crippen LogP contribution is 2.26. The van der Waals surface area contributed by atoms with E-state index in [2.05, 4.69) is 10.4 Å². The number of nitrogens with one attached hydrogen (secondary N) is 1. The van der Waals surface area contributed by atoms with Gasteiger partial charge >= 0.3 is 5.82 Å². The molecule has 0 spiro atoms. The molecule has 0 aliphatic carbocycles. The summed E-state index contributed by atoms with van der Waals surface area (Å²) in [6.45, 7) is 1.01. The summed E-state index contributed by atoms with van der Waals surface area (Å²) < 4.78 is 6.92. The van der Waals surface area contributed by atoms with Gasteiger partial charge in [0, 0.05) is 12.5 Å². The fourth-order valence-electron chi connectivity index (χ4n) is 2.52. The second kappa shape index (κ2) is 6.47. The van der Waals surface area contributed by atoms with Crippen LogP contribution in [0.25, 0.3) is 0 Å². The molecule has 120 valence electrons. The van der Waals surface area contributed by atoms with Crippen LogP contribution in [0.2, 0.25) is 0 Å². The number of para-hydroxylation sites is 1. The molecule has 0 unspecified atom stereocenters. The average Bonchev–Trinajstić information content (AvgIpc) is 3.01. The summed E-state index contributed by atoms with van der Waals surface area (Å²) in [5.41, 5.74) is 1.14. The van der Waals surface area contributed by atoms with Crippen LogP contribution in [0.5, 0.6) is 5.75 Å². The molecular weight excluding hydrogens is 300 g/mol. The second-order valence-corrected chi connectivity index (χ2v) is 5.42. The molecule has 0 bridgehead atoms. The molecule has 8 nitrogen and oxygen atoms in total. The number of nitro groups is 1. The Hall–Kier alpha value is -2.90. The SMILES string of the molecule is O=C(Cn1ccc([N+](=O)[O-])n1)NC[C@H]1COc2ccccc2C1. The van der Waals surface area contributed by atoms with E-state index in [0.29, 0.717) is 13.2 Å². The van der Waals surface area contributed by atoms with Gasteiger partial charge in [-0.25, -0.2) is 0 Å². The van der Waals surface area contributed by atoms with Crippen LogP contribution in [0.4, 0.5) is 5.82 Å². The van der Waals surface area contributed by atoms with E-state index in [4.69, 9.17) is 4.74 Å². The number of aromatic nitrogens is 2. The molecule has 1 aromatic carbocycles. The number of ether oxygens (including phenoxy) is 1. The number of carbonyl (C=O) groups excluding carboxylic acids is 1. The van der Waals surface area contributed by atoms with E-state index in [1.54, 1.807) is 0 Å². The van der Waals surface area contributed by atoms with Crippen molar-refractivity contribution in [3.8, 4) is 5.75 Å². The van der Waals surface area contributed by atoms with Crippen LogP contribution in [-0.2, 0) is 17.8 Å². The number of hydrogen-bond donors (Lipinski definition) is 1. The first-order valence-corrected chi connectivity index (χ1v) is 7.27. The fraction of sp³-hybridized carbons (Fsp3) is 0.333. The molecular formula is C15H16N4O4. The van der Waals surface area contributed by atoms with Crippen molar-refractivity contribution in [3.05, 3.63) is 52.2 Å². The van der Waals surface area contributed by atoms with Gasteiger partial charge in [0.05, 0.1) is 24.0 Å². The highest BCUT2D eigenvalue weighted by Gasteiger charge is 2.20. The molecule has 2 heterocycles. The quantitative estimate of drug-likeness (QED) is 0.659. The first kappa shape index (κ1) is 15.0. The first-order chi connectivity index (χ1) is 11.1. The molecule has 8 heteroatoms. The number of fused-ring (bicyclic) bond motifs is 1. The highest BCUT2D eigenvalue weighted by atomic mass is 16.6. The van der Waals surface area contributed by atoms with Crippen molar-refractivity contribution in [3.63, 3.8) is 0 Å². The topological polar surface area (TPSA) is 99.3 Å². The van der Waals surface area contributed by atoms with Crippen molar-refractivity contribution in [1.29, 1.82) is 0 Å². The molecule has 0 saturated carbocycles. The van der Waals surface area contributed by atoms with Gasteiger partial charge in [0.1, 0.15) is 12.3 Å². The van der Waals surface area contributed by atoms with Gasteiger partial charge in [0.25, 0.3) is 0 Å². The Bertz CT molecular complexity index is 728. The van der Waals surface area contributed by atoms with E-state index in [9.17, 15) is 14.9 Å². The zero-order chi connectivity index (χ0) is 16.2. The Morgan fingerprint density at radius 2 is 2.26 bits per heavy atom. The molecule has 0 radical (unpaired) electrons. The van der Waals surface area contributed by atoms with Crippen molar-refractivity contribution in [2.75, 3.05) is 13.2 Å². The van der Waals surface area contributed by atoms with Crippen molar-refractivity contribution in [1.82, 2.24) is 15.1 Å². The minimum atomic E-state index is -0.592. The largest absolute Gasteiger partial charge is 0.493 e. The minimum absolute atomic E-state index is 0.0436. The van der Waals surface area contributed by atoms with Gasteiger partial charge < -0.3 is 20.2 Å². The Balaban J connectivity index is 1.49. The van der Waals surface area contributed by atoms with Gasteiger partial charge in [0.2, 0.25) is 5.91 Å². The Kier molecular flexibility index (Phi) is 4.22. The molecule has 1 atom stereocenters. The molecule has 1 aliphatic heterocycles. The van der Waals surface area contributed by atoms with Crippen molar-refractivity contribution in [2.45, 2.75) is 13.0 Å². The standard InChI is InChI=1S/C15H16N4O4/c20-15(9-18-6-5-14(17-18)19(21)22)16-8-11-7-12-3-1-2-4-13(12)23-10-11/h1-6,11H,7-10H2,(H,16,20)/t11-/m0/s1. The van der Waals surface area contributed by atoms with Gasteiger partial charge in [0.15, 0.2) is 0 Å². The third-order valence-corrected chi connectivity index (χ3v) is 3.66. The minimum Gasteiger partial charge on any atom is -0.493 e. The molecule has 0 saturated heterocycles.